The van der Waals surface area contributed by atoms with E-state index < -0.39 is 104 Å². The van der Waals surface area contributed by atoms with E-state index in [1.165, 1.54) is 11.8 Å². The largest absolute Gasteiger partial charge is 1.00 e. The Morgan fingerprint density at radius 2 is 1.18 bits per heavy atom. The molecule has 0 bridgehead atoms. The predicted octanol–water partition coefficient (Wildman–Crippen LogP) is -16.1. The SMILES string of the molecule is CC(=O)N(CCc1ccccc1)CC(=O)NCCO[C@H]1O[C@H](OS(=O)(=O)[O-])[C@@H](OS(=O)(=O)[O-])[C@H](OS(=O)(=O)[O-])[C@@H]1OS(=O)(=O)[O-].[Na+].[Na+].[Na+].[Na+]. The van der Waals surface area contributed by atoms with Crippen LogP contribution in [0.5, 0.6) is 0 Å². The van der Waals surface area contributed by atoms with Gasteiger partial charge in [-0.05, 0) is 12.0 Å². The number of hydrogen-bond donors (Lipinski definition) is 1. The number of amides is 2. The van der Waals surface area contributed by atoms with E-state index in [-0.39, 0.29) is 125 Å². The number of nitrogens with one attached hydrogen (secondary N) is 1. The average Bonchev–Trinajstić information content (AvgIpc) is 2.85. The van der Waals surface area contributed by atoms with Crippen LogP contribution in [0.25, 0.3) is 0 Å². The van der Waals surface area contributed by atoms with Crippen molar-refractivity contribution >= 4 is 53.4 Å². The molecule has 0 aromatic heterocycles. The van der Waals surface area contributed by atoms with E-state index in [1.807, 2.05) is 0 Å². The first kappa shape index (κ1) is 54.9. The molecule has 0 radical (unpaired) electrons. The van der Waals surface area contributed by atoms with Crippen LogP contribution in [0.3, 0.4) is 0 Å². The average molecular weight is 821 g/mol. The van der Waals surface area contributed by atoms with Gasteiger partial charge in [-0.1, -0.05) is 30.3 Å². The minimum atomic E-state index is -6.06. The number of ether oxygens (including phenoxy) is 2. The van der Waals surface area contributed by atoms with Crippen molar-refractivity contribution in [3.63, 3.8) is 0 Å². The summed E-state index contributed by atoms with van der Waals surface area (Å²) in [5.74, 6) is -1.21. The maximum atomic E-state index is 12.4. The van der Waals surface area contributed by atoms with E-state index in [9.17, 15) is 61.5 Å². The molecule has 22 nitrogen and oxygen atoms in total. The van der Waals surface area contributed by atoms with Crippen LogP contribution < -0.4 is 124 Å². The summed E-state index contributed by atoms with van der Waals surface area (Å²) in [5, 5.41) is 2.27. The monoisotopic (exact) mass is 820 g/mol. The van der Waals surface area contributed by atoms with Crippen molar-refractivity contribution in [3.8, 4) is 0 Å². The van der Waals surface area contributed by atoms with Crippen LogP contribution in [-0.2, 0) is 83.8 Å². The molecule has 0 saturated carbocycles. The molecule has 1 aromatic rings. The molecule has 1 N–H and O–H groups in total. The van der Waals surface area contributed by atoms with Crippen molar-refractivity contribution in [2.45, 2.75) is 44.2 Å². The zero-order valence-electron chi connectivity index (χ0n) is 26.6. The Kier molecular flexibility index (Phi) is 27.1. The Labute approximate surface area is 370 Å². The van der Waals surface area contributed by atoms with Gasteiger partial charge in [0.2, 0.25) is 59.7 Å². The normalized spacial score (nSPS) is 21.0. The van der Waals surface area contributed by atoms with Crippen LogP contribution in [0.15, 0.2) is 30.3 Å². The van der Waals surface area contributed by atoms with Crippen molar-refractivity contribution in [2.24, 2.45) is 0 Å². The zero-order valence-corrected chi connectivity index (χ0v) is 37.8. The van der Waals surface area contributed by atoms with Crippen molar-refractivity contribution < 1.29 is 206 Å². The molecule has 0 aliphatic carbocycles. The van der Waals surface area contributed by atoms with Gasteiger partial charge in [-0.3, -0.25) is 22.1 Å². The third kappa shape index (κ3) is 23.2. The maximum absolute atomic E-state index is 12.4. The summed E-state index contributed by atoms with van der Waals surface area (Å²) in [6, 6.07) is 8.94. The summed E-state index contributed by atoms with van der Waals surface area (Å²) < 4.78 is 160. The maximum Gasteiger partial charge on any atom is 1.00 e. The standard InChI is InChI=1S/C19H28N2O20S4.4Na/c1-12(22)21(9-7-13-5-3-2-4-6-13)11-14(23)20-8-10-36-18-16(39-43(27,28)29)15(38-42(24,25)26)17(40-44(30,31)32)19(37-18)41-45(33,34)35;;;;/h2-6,15-19H,7-11H2,1H3,(H,20,23)(H,24,25,26)(H,27,28,29)(H,30,31,32)(H,33,34,35);;;;/q;4*+1/p-4/t15-,16+,17+,18+,19-;;;;/m1..../s1. The Balaban J connectivity index is -0.00000529. The first-order valence-corrected chi connectivity index (χ1v) is 17.3. The molecule has 258 valence electrons. The number of rotatable bonds is 17. The third-order valence-corrected chi connectivity index (χ3v) is 7.15. The first-order valence-electron chi connectivity index (χ1n) is 11.9. The molecule has 1 aliphatic rings. The Morgan fingerprint density at radius 3 is 1.63 bits per heavy atom. The van der Waals surface area contributed by atoms with Crippen molar-refractivity contribution in [2.75, 3.05) is 26.2 Å². The topological polar surface area (TPSA) is 334 Å². The van der Waals surface area contributed by atoms with Gasteiger partial charge in [0.15, 0.2) is 18.5 Å². The molecule has 1 aliphatic heterocycles. The van der Waals surface area contributed by atoms with Gasteiger partial charge < -0.3 is 37.9 Å². The summed E-state index contributed by atoms with van der Waals surface area (Å²) in [6.07, 6.45) is -14.1. The molecule has 30 heteroatoms. The zero-order chi connectivity index (χ0) is 34.2. The summed E-state index contributed by atoms with van der Waals surface area (Å²) in [7, 11) is -24.0. The smallest absolute Gasteiger partial charge is 0.726 e. The minimum Gasteiger partial charge on any atom is -0.726 e. The van der Waals surface area contributed by atoms with Crippen molar-refractivity contribution in [1.82, 2.24) is 10.2 Å². The molecule has 5 atom stereocenters. The van der Waals surface area contributed by atoms with Gasteiger partial charge in [0.05, 0.1) is 13.2 Å². The second-order valence-corrected chi connectivity index (χ2v) is 12.7. The van der Waals surface area contributed by atoms with Gasteiger partial charge in [-0.15, -0.1) is 0 Å². The molecule has 1 fully saturated rings. The summed E-state index contributed by atoms with van der Waals surface area (Å²) in [4.78, 5) is 25.5. The first-order chi connectivity index (χ1) is 20.5. The van der Waals surface area contributed by atoms with E-state index in [0.29, 0.717) is 6.42 Å². The fourth-order valence-corrected chi connectivity index (χ4v) is 5.50. The van der Waals surface area contributed by atoms with E-state index in [1.54, 1.807) is 30.3 Å². The Bertz CT molecular complexity index is 1620. The minimum absolute atomic E-state index is 0. The molecular formula is C19H24N2Na4O20S4. The van der Waals surface area contributed by atoms with Gasteiger partial charge in [0, 0.05) is 20.0 Å². The molecule has 49 heavy (non-hydrogen) atoms. The fourth-order valence-electron chi connectivity index (χ4n) is 3.68. The van der Waals surface area contributed by atoms with Crippen LogP contribution in [0.1, 0.15) is 12.5 Å². The summed E-state index contributed by atoms with van der Waals surface area (Å²) in [5.41, 5.74) is 0.876. The molecule has 1 aromatic carbocycles. The second-order valence-electron chi connectivity index (χ2n) is 8.68. The third-order valence-electron chi connectivity index (χ3n) is 5.35. The predicted molar refractivity (Wildman–Crippen MR) is 135 cm³/mol. The number of carbonyl (C=O) groups excluding carboxylic acids is 2. The number of nitrogens with zero attached hydrogens (tertiary/aromatic N) is 1. The molecule has 0 spiro atoms. The van der Waals surface area contributed by atoms with Crippen molar-refractivity contribution in [1.29, 1.82) is 0 Å². The molecule has 1 heterocycles. The second kappa shape index (κ2) is 24.2. The molecule has 0 unspecified atom stereocenters. The van der Waals surface area contributed by atoms with Crippen molar-refractivity contribution in [3.05, 3.63) is 35.9 Å². The van der Waals surface area contributed by atoms with Gasteiger partial charge in [0.1, 0.15) is 6.10 Å². The van der Waals surface area contributed by atoms with Gasteiger partial charge in [0.25, 0.3) is 0 Å². The van der Waals surface area contributed by atoms with E-state index in [4.69, 9.17) is 9.47 Å². The van der Waals surface area contributed by atoms with E-state index in [2.05, 4.69) is 22.0 Å². The Hall–Kier alpha value is 1.56. The number of benzene rings is 1. The Morgan fingerprint density at radius 1 is 0.735 bits per heavy atom. The van der Waals surface area contributed by atoms with E-state index >= 15 is 0 Å². The van der Waals surface area contributed by atoms with Crippen LogP contribution >= 0.6 is 0 Å². The molecule has 2 amide bonds. The van der Waals surface area contributed by atoms with Gasteiger partial charge in [-0.25, -0.2) is 37.9 Å². The number of hydrogen-bond acceptors (Lipinski definition) is 20. The van der Waals surface area contributed by atoms with Gasteiger partial charge >= 0.3 is 118 Å². The summed E-state index contributed by atoms with van der Waals surface area (Å²) >= 11 is 0. The molecule has 2 rings (SSSR count). The quantitative estimate of drug-likeness (QED) is 0.0660. The molecular weight excluding hydrogens is 796 g/mol. The fraction of sp³-hybridized carbons (Fsp3) is 0.579. The molecule has 1 saturated heterocycles. The summed E-state index contributed by atoms with van der Waals surface area (Å²) in [6.45, 7) is -0.399. The van der Waals surface area contributed by atoms with Crippen LogP contribution in [0.2, 0.25) is 0 Å². The van der Waals surface area contributed by atoms with Crippen LogP contribution in [0.4, 0.5) is 0 Å². The van der Waals surface area contributed by atoms with Gasteiger partial charge in [-0.2, -0.15) is 0 Å². The van der Waals surface area contributed by atoms with Crippen LogP contribution in [-0.4, -0.2) is 126 Å². The van der Waals surface area contributed by atoms with E-state index in [0.717, 1.165) is 5.56 Å². The van der Waals surface area contributed by atoms with Crippen LogP contribution in [0, 0.1) is 0 Å². The number of carbonyl (C=O) groups is 2.